The second kappa shape index (κ2) is 6.31. The molecule has 110 valence electrons. The monoisotopic (exact) mass is 280 g/mol. The van der Waals surface area contributed by atoms with Gasteiger partial charge in [0.05, 0.1) is 0 Å². The molecule has 0 aromatic carbocycles. The predicted molar refractivity (Wildman–Crippen MR) is 74.7 cm³/mol. The summed E-state index contributed by atoms with van der Waals surface area (Å²) in [5.41, 5.74) is 0.316. The fourth-order valence-electron chi connectivity index (χ4n) is 1.65. The highest BCUT2D eigenvalue weighted by Crippen LogP contribution is 2.13. The van der Waals surface area contributed by atoms with Gasteiger partial charge in [-0.2, -0.15) is 0 Å². The van der Waals surface area contributed by atoms with Crippen LogP contribution in [0.4, 0.5) is 5.95 Å². The molecule has 0 unspecified atom stereocenters. The second-order valence-electron chi connectivity index (χ2n) is 5.20. The topological polar surface area (TPSA) is 104 Å². The Morgan fingerprint density at radius 3 is 2.55 bits per heavy atom. The zero-order chi connectivity index (χ0) is 15.3. The fourth-order valence-corrected chi connectivity index (χ4v) is 1.65. The van der Waals surface area contributed by atoms with Gasteiger partial charge in [0, 0.05) is 24.7 Å². The molecule has 0 radical (unpaired) electrons. The Morgan fingerprint density at radius 1 is 1.35 bits per heavy atom. The molecule has 3 N–H and O–H groups in total. The first kappa shape index (κ1) is 15.9. The second-order valence-corrected chi connectivity index (χ2v) is 5.20. The Balaban J connectivity index is 2.80. The molecule has 0 aliphatic carbocycles. The Labute approximate surface area is 117 Å². The summed E-state index contributed by atoms with van der Waals surface area (Å²) in [6, 6.07) is 1.59. The van der Waals surface area contributed by atoms with Crippen LogP contribution in [-0.2, 0) is 4.79 Å². The molecule has 0 atom stereocenters. The van der Waals surface area contributed by atoms with Crippen LogP contribution < -0.4 is 10.6 Å². The van der Waals surface area contributed by atoms with Crippen molar-refractivity contribution in [1.29, 1.82) is 0 Å². The van der Waals surface area contributed by atoms with Gasteiger partial charge < -0.3 is 15.7 Å². The number of carbonyl (C=O) groups excluding carboxylic acids is 1. The summed E-state index contributed by atoms with van der Waals surface area (Å²) in [7, 11) is 1.67. The molecule has 0 spiro atoms. The van der Waals surface area contributed by atoms with Crippen LogP contribution in [0.2, 0.25) is 0 Å². The van der Waals surface area contributed by atoms with Crippen LogP contribution in [0.1, 0.15) is 42.9 Å². The summed E-state index contributed by atoms with van der Waals surface area (Å²) >= 11 is 0. The van der Waals surface area contributed by atoms with Crippen molar-refractivity contribution in [2.24, 2.45) is 0 Å². The van der Waals surface area contributed by atoms with E-state index in [4.69, 9.17) is 5.11 Å². The van der Waals surface area contributed by atoms with E-state index in [0.717, 1.165) is 0 Å². The largest absolute Gasteiger partial charge is 0.481 e. The van der Waals surface area contributed by atoms with E-state index >= 15 is 0 Å². The van der Waals surface area contributed by atoms with E-state index in [0.29, 0.717) is 18.1 Å². The lowest BCUT2D eigenvalue weighted by molar-refractivity contribution is -0.137. The molecular formula is C13H20N4O3. The van der Waals surface area contributed by atoms with E-state index in [-0.39, 0.29) is 18.0 Å². The highest BCUT2D eigenvalue weighted by Gasteiger charge is 2.23. The third-order valence-corrected chi connectivity index (χ3v) is 2.73. The van der Waals surface area contributed by atoms with Gasteiger partial charge in [-0.25, -0.2) is 9.97 Å². The minimum atomic E-state index is -0.886. The zero-order valence-electron chi connectivity index (χ0n) is 12.1. The van der Waals surface area contributed by atoms with E-state index < -0.39 is 11.5 Å². The Hall–Kier alpha value is -2.18. The molecule has 0 saturated carbocycles. The molecule has 1 amide bonds. The SMILES string of the molecule is CNc1nc(C)cc(C(=O)NC(C)(C)CCC(=O)O)n1. The minimum absolute atomic E-state index is 0.00214. The first-order chi connectivity index (χ1) is 9.23. The minimum Gasteiger partial charge on any atom is -0.481 e. The van der Waals surface area contributed by atoms with Crippen molar-refractivity contribution in [3.05, 3.63) is 17.5 Å². The molecule has 7 nitrogen and oxygen atoms in total. The van der Waals surface area contributed by atoms with Gasteiger partial charge in [-0.3, -0.25) is 9.59 Å². The van der Waals surface area contributed by atoms with Crippen LogP contribution in [-0.4, -0.2) is 39.5 Å². The Kier molecular flexibility index (Phi) is 5.01. The van der Waals surface area contributed by atoms with Crippen molar-refractivity contribution >= 4 is 17.8 Å². The van der Waals surface area contributed by atoms with Crippen molar-refractivity contribution in [3.63, 3.8) is 0 Å². The number of hydrogen-bond acceptors (Lipinski definition) is 5. The van der Waals surface area contributed by atoms with Crippen molar-refractivity contribution in [2.75, 3.05) is 12.4 Å². The number of nitrogens with zero attached hydrogens (tertiary/aromatic N) is 2. The lowest BCUT2D eigenvalue weighted by Crippen LogP contribution is -2.44. The molecule has 1 heterocycles. The van der Waals surface area contributed by atoms with E-state index in [1.54, 1.807) is 33.9 Å². The van der Waals surface area contributed by atoms with Crippen molar-refractivity contribution in [1.82, 2.24) is 15.3 Å². The van der Waals surface area contributed by atoms with E-state index in [1.807, 2.05) is 0 Å². The first-order valence-corrected chi connectivity index (χ1v) is 6.31. The van der Waals surface area contributed by atoms with Crippen LogP contribution in [0.25, 0.3) is 0 Å². The van der Waals surface area contributed by atoms with Crippen molar-refractivity contribution < 1.29 is 14.7 Å². The predicted octanol–water partition coefficient (Wildman–Crippen LogP) is 1.20. The summed E-state index contributed by atoms with van der Waals surface area (Å²) in [4.78, 5) is 30.9. The van der Waals surface area contributed by atoms with Gasteiger partial charge in [0.1, 0.15) is 5.69 Å². The lowest BCUT2D eigenvalue weighted by atomic mass is 9.98. The van der Waals surface area contributed by atoms with Gasteiger partial charge in [0.25, 0.3) is 5.91 Å². The Morgan fingerprint density at radius 2 is 2.00 bits per heavy atom. The number of carboxylic acid groups (broad SMARTS) is 1. The lowest BCUT2D eigenvalue weighted by Gasteiger charge is -2.25. The maximum Gasteiger partial charge on any atom is 0.303 e. The molecule has 1 aromatic heterocycles. The average Bonchev–Trinajstić information content (AvgIpc) is 2.35. The van der Waals surface area contributed by atoms with Crippen molar-refractivity contribution in [3.8, 4) is 0 Å². The molecule has 0 bridgehead atoms. The van der Waals surface area contributed by atoms with Crippen LogP contribution in [0.5, 0.6) is 0 Å². The quantitative estimate of drug-likeness (QED) is 0.723. The Bertz CT molecular complexity index is 514. The smallest absolute Gasteiger partial charge is 0.303 e. The maximum atomic E-state index is 12.1. The fraction of sp³-hybridized carbons (Fsp3) is 0.538. The van der Waals surface area contributed by atoms with Gasteiger partial charge in [-0.15, -0.1) is 0 Å². The van der Waals surface area contributed by atoms with Crippen LogP contribution in [0.3, 0.4) is 0 Å². The molecule has 7 heteroatoms. The van der Waals surface area contributed by atoms with Gasteiger partial charge in [0.2, 0.25) is 5.95 Å². The van der Waals surface area contributed by atoms with Crippen molar-refractivity contribution in [2.45, 2.75) is 39.2 Å². The van der Waals surface area contributed by atoms with E-state index in [1.165, 1.54) is 0 Å². The molecule has 0 fully saturated rings. The highest BCUT2D eigenvalue weighted by atomic mass is 16.4. The normalized spacial score (nSPS) is 11.0. The average molecular weight is 280 g/mol. The molecule has 0 aliphatic heterocycles. The molecule has 0 aliphatic rings. The maximum absolute atomic E-state index is 12.1. The van der Waals surface area contributed by atoms with Gasteiger partial charge >= 0.3 is 5.97 Å². The third-order valence-electron chi connectivity index (χ3n) is 2.73. The number of aromatic nitrogens is 2. The number of anilines is 1. The van der Waals surface area contributed by atoms with E-state index in [9.17, 15) is 9.59 Å². The molecule has 1 rings (SSSR count). The van der Waals surface area contributed by atoms with Gasteiger partial charge in [0.15, 0.2) is 0 Å². The summed E-state index contributed by atoms with van der Waals surface area (Å²) in [6.07, 6.45) is 0.342. The number of carboxylic acids is 1. The number of nitrogens with one attached hydrogen (secondary N) is 2. The summed E-state index contributed by atoms with van der Waals surface area (Å²) < 4.78 is 0. The molecular weight excluding hydrogens is 260 g/mol. The first-order valence-electron chi connectivity index (χ1n) is 6.31. The van der Waals surface area contributed by atoms with Crippen LogP contribution >= 0.6 is 0 Å². The van der Waals surface area contributed by atoms with Gasteiger partial charge in [-0.1, -0.05) is 0 Å². The summed E-state index contributed by atoms with van der Waals surface area (Å²) in [6.45, 7) is 5.33. The molecule has 20 heavy (non-hydrogen) atoms. The number of aliphatic carboxylic acids is 1. The molecule has 1 aromatic rings. The molecule has 0 saturated heterocycles. The third kappa shape index (κ3) is 4.83. The number of amides is 1. The van der Waals surface area contributed by atoms with Crippen LogP contribution in [0, 0.1) is 6.92 Å². The number of aryl methyl sites for hydroxylation is 1. The zero-order valence-corrected chi connectivity index (χ0v) is 12.1. The van der Waals surface area contributed by atoms with E-state index in [2.05, 4.69) is 20.6 Å². The standard InChI is InChI=1S/C13H20N4O3/c1-8-7-9(16-12(14-4)15-8)11(20)17-13(2,3)6-5-10(18)19/h7H,5-6H2,1-4H3,(H,17,20)(H,18,19)(H,14,15,16). The number of rotatable bonds is 6. The highest BCUT2D eigenvalue weighted by molar-refractivity contribution is 5.93. The van der Waals surface area contributed by atoms with Crippen LogP contribution in [0.15, 0.2) is 6.07 Å². The summed E-state index contributed by atoms with van der Waals surface area (Å²) in [5, 5.41) is 14.3. The number of hydrogen-bond donors (Lipinski definition) is 3. The van der Waals surface area contributed by atoms with Gasteiger partial charge in [-0.05, 0) is 33.3 Å². The number of carbonyl (C=O) groups is 2. The summed E-state index contributed by atoms with van der Waals surface area (Å²) in [5.74, 6) is -0.858.